The summed E-state index contributed by atoms with van der Waals surface area (Å²) in [6, 6.07) is 17.6. The van der Waals surface area contributed by atoms with Gasteiger partial charge in [-0.1, -0.05) is 78.5 Å². The molecule has 11 nitrogen and oxygen atoms in total. The Kier molecular flexibility index (Phi) is 10.1. The number of carbonyl (C=O) groups excluding carboxylic acids is 4. The van der Waals surface area contributed by atoms with E-state index in [0.29, 0.717) is 17.7 Å². The lowest BCUT2D eigenvalue weighted by atomic mass is 10.0. The highest BCUT2D eigenvalue weighted by molar-refractivity contribution is 8.00. The predicted octanol–water partition coefficient (Wildman–Crippen LogP) is 3.84. The number of anilines is 1. The molecule has 1 saturated heterocycles. The van der Waals surface area contributed by atoms with E-state index in [1.165, 1.54) is 28.1 Å². The summed E-state index contributed by atoms with van der Waals surface area (Å²) >= 11 is 8.68. The molecule has 3 aromatic rings. The number of thiazole rings is 1. The summed E-state index contributed by atoms with van der Waals surface area (Å²) in [6.45, 7) is 3.58. The van der Waals surface area contributed by atoms with Crippen LogP contribution in [0.15, 0.2) is 95.1 Å². The van der Waals surface area contributed by atoms with Crippen molar-refractivity contribution in [1.82, 2.24) is 15.2 Å². The van der Waals surface area contributed by atoms with Gasteiger partial charge in [0.2, 0.25) is 6.41 Å². The predicted molar refractivity (Wildman–Crippen MR) is 168 cm³/mol. The lowest BCUT2D eigenvalue weighted by molar-refractivity contribution is -0.154. The van der Waals surface area contributed by atoms with Crippen molar-refractivity contribution >= 4 is 69.7 Å². The zero-order valence-corrected chi connectivity index (χ0v) is 25.4. The van der Waals surface area contributed by atoms with E-state index in [1.54, 1.807) is 0 Å². The molecule has 0 aliphatic carbocycles. The quantitative estimate of drug-likeness (QED) is 0.0415. The normalized spacial score (nSPS) is 17.8. The molecule has 0 bridgehead atoms. The molecular formula is C30H26ClN5O6S2. The number of halogens is 1. The van der Waals surface area contributed by atoms with E-state index >= 15 is 0 Å². The molecule has 1 unspecified atom stereocenters. The zero-order chi connectivity index (χ0) is 31.1. The molecule has 2 N–H and O–H groups in total. The Hall–Kier alpha value is -4.46. The average molecular weight is 652 g/mol. The number of carbonyl (C=O) groups is 4. The standard InChI is InChI=1S/C30H26ClN5O6S2/c1-2-13-41-35-22(21-16-44-30(33-21)32-17-37)26(38)34-23-27(39)36-24(20(14-31)15-43-28(23)36)29(40)42-25(18-9-5-3-6-10-18)19-11-7-4-8-12-19/h2-12,16-17,23,25,28H,1,13-15H2,(H,34,38)(H,32,33,37)/b35-22+/t23?,28-/m1/s1. The van der Waals surface area contributed by atoms with Crippen LogP contribution in [0.2, 0.25) is 0 Å². The van der Waals surface area contributed by atoms with Crippen molar-refractivity contribution in [2.75, 3.05) is 23.6 Å². The maximum atomic E-state index is 13.8. The molecule has 1 aromatic heterocycles. The van der Waals surface area contributed by atoms with Crippen LogP contribution in [-0.2, 0) is 28.8 Å². The van der Waals surface area contributed by atoms with Gasteiger partial charge < -0.3 is 20.2 Å². The van der Waals surface area contributed by atoms with E-state index in [1.807, 2.05) is 60.7 Å². The Morgan fingerprint density at radius 3 is 2.45 bits per heavy atom. The number of ether oxygens (including phenoxy) is 1. The summed E-state index contributed by atoms with van der Waals surface area (Å²) in [5.74, 6) is -1.55. The molecule has 2 aliphatic heterocycles. The summed E-state index contributed by atoms with van der Waals surface area (Å²) in [5, 5.41) is 10.2. The number of amides is 3. The molecule has 0 saturated carbocycles. The molecule has 3 heterocycles. The van der Waals surface area contributed by atoms with Crippen LogP contribution < -0.4 is 10.6 Å². The monoisotopic (exact) mass is 651 g/mol. The van der Waals surface area contributed by atoms with Gasteiger partial charge in [0.15, 0.2) is 16.9 Å². The second-order valence-electron chi connectivity index (χ2n) is 9.38. The molecule has 0 radical (unpaired) electrons. The van der Waals surface area contributed by atoms with Crippen LogP contribution in [-0.4, -0.2) is 69.4 Å². The molecule has 5 rings (SSSR count). The summed E-state index contributed by atoms with van der Waals surface area (Å²) in [7, 11) is 0. The maximum absolute atomic E-state index is 13.8. The molecule has 2 aromatic carbocycles. The van der Waals surface area contributed by atoms with Gasteiger partial charge in [0.05, 0.1) is 0 Å². The number of benzene rings is 2. The van der Waals surface area contributed by atoms with Gasteiger partial charge in [0.25, 0.3) is 11.8 Å². The highest BCUT2D eigenvalue weighted by atomic mass is 35.5. The van der Waals surface area contributed by atoms with E-state index < -0.39 is 35.3 Å². The largest absolute Gasteiger partial charge is 0.448 e. The number of aromatic nitrogens is 1. The number of hydrogen-bond donors (Lipinski definition) is 2. The van der Waals surface area contributed by atoms with Gasteiger partial charge >= 0.3 is 5.97 Å². The molecule has 14 heteroatoms. The van der Waals surface area contributed by atoms with Crippen molar-refractivity contribution in [3.63, 3.8) is 0 Å². The summed E-state index contributed by atoms with van der Waals surface area (Å²) < 4.78 is 6.06. The lowest BCUT2D eigenvalue weighted by Crippen LogP contribution is -2.71. The first kappa shape index (κ1) is 31.0. The SMILES string of the molecule is C=CCO/N=C(/C(=O)NC1C(=O)N2C(C(=O)OC(c3ccccc3)c3ccccc3)=C(CCl)CS[C@H]12)c1csc(NC=O)n1. The highest BCUT2D eigenvalue weighted by Gasteiger charge is 2.55. The van der Waals surface area contributed by atoms with Crippen molar-refractivity contribution in [2.45, 2.75) is 17.5 Å². The van der Waals surface area contributed by atoms with Gasteiger partial charge in [-0.3, -0.25) is 19.3 Å². The number of alkyl halides is 1. The van der Waals surface area contributed by atoms with Crippen LogP contribution in [0.3, 0.4) is 0 Å². The van der Waals surface area contributed by atoms with Gasteiger partial charge in [-0.25, -0.2) is 9.78 Å². The Balaban J connectivity index is 1.36. The Bertz CT molecular complexity index is 1570. The minimum atomic E-state index is -0.970. The zero-order valence-electron chi connectivity index (χ0n) is 23.1. The minimum absolute atomic E-state index is 0.0186. The molecule has 1 fully saturated rings. The number of fused-ring (bicyclic) bond motifs is 1. The number of oxime groups is 1. The number of nitrogens with one attached hydrogen (secondary N) is 2. The number of thioether (sulfide) groups is 1. The third kappa shape index (κ3) is 6.54. The van der Waals surface area contributed by atoms with Crippen LogP contribution in [0.25, 0.3) is 0 Å². The lowest BCUT2D eigenvalue weighted by Gasteiger charge is -2.49. The fraction of sp³-hybridized carbons (Fsp3) is 0.200. The van der Waals surface area contributed by atoms with Crippen molar-refractivity contribution in [3.05, 3.63) is 107 Å². The van der Waals surface area contributed by atoms with Gasteiger partial charge in [-0.15, -0.1) is 34.7 Å². The number of β-lactam (4-membered cyclic amide) rings is 1. The van der Waals surface area contributed by atoms with Crippen molar-refractivity contribution in [1.29, 1.82) is 0 Å². The van der Waals surface area contributed by atoms with E-state index in [0.717, 1.165) is 22.5 Å². The Morgan fingerprint density at radius 2 is 1.84 bits per heavy atom. The van der Waals surface area contributed by atoms with Gasteiger partial charge in [-0.2, -0.15) is 0 Å². The highest BCUT2D eigenvalue weighted by Crippen LogP contribution is 2.42. The number of rotatable bonds is 13. The molecule has 3 amide bonds. The van der Waals surface area contributed by atoms with Crippen molar-refractivity contribution < 1.29 is 28.8 Å². The fourth-order valence-electron chi connectivity index (χ4n) is 4.59. The van der Waals surface area contributed by atoms with Gasteiger partial charge in [0.1, 0.15) is 29.4 Å². The maximum Gasteiger partial charge on any atom is 0.356 e. The van der Waals surface area contributed by atoms with Crippen LogP contribution in [0.1, 0.15) is 22.9 Å². The number of esters is 1. The van der Waals surface area contributed by atoms with E-state index in [2.05, 4.69) is 27.4 Å². The number of nitrogens with zero attached hydrogens (tertiary/aromatic N) is 3. The third-order valence-electron chi connectivity index (χ3n) is 6.61. The Labute approximate surface area is 265 Å². The second kappa shape index (κ2) is 14.3. The van der Waals surface area contributed by atoms with E-state index in [9.17, 15) is 19.2 Å². The second-order valence-corrected chi connectivity index (χ2v) is 11.6. The molecule has 2 atom stereocenters. The minimum Gasteiger partial charge on any atom is -0.448 e. The number of hydrogen-bond acceptors (Lipinski definition) is 10. The third-order valence-corrected chi connectivity index (χ3v) is 9.05. The van der Waals surface area contributed by atoms with Gasteiger partial charge in [0, 0.05) is 17.0 Å². The molecule has 226 valence electrons. The van der Waals surface area contributed by atoms with Crippen molar-refractivity contribution in [2.24, 2.45) is 5.16 Å². The van der Waals surface area contributed by atoms with Gasteiger partial charge in [-0.05, 0) is 16.7 Å². The van der Waals surface area contributed by atoms with Crippen molar-refractivity contribution in [3.8, 4) is 0 Å². The molecule has 0 spiro atoms. The molecular weight excluding hydrogens is 626 g/mol. The first-order chi connectivity index (χ1) is 21.5. The Morgan fingerprint density at radius 1 is 1.16 bits per heavy atom. The summed E-state index contributed by atoms with van der Waals surface area (Å²) in [6.07, 6.45) is 1.19. The first-order valence-corrected chi connectivity index (χ1v) is 15.7. The van der Waals surface area contributed by atoms with Crippen LogP contribution in [0.5, 0.6) is 0 Å². The topological polar surface area (TPSA) is 139 Å². The van der Waals surface area contributed by atoms with Crippen LogP contribution in [0, 0.1) is 0 Å². The van der Waals surface area contributed by atoms with Crippen LogP contribution in [0.4, 0.5) is 5.13 Å². The van der Waals surface area contributed by atoms with Crippen LogP contribution >= 0.6 is 34.7 Å². The first-order valence-electron chi connectivity index (χ1n) is 13.3. The molecule has 44 heavy (non-hydrogen) atoms. The molecule has 2 aliphatic rings. The summed E-state index contributed by atoms with van der Waals surface area (Å²) in [5.41, 5.74) is 2.10. The average Bonchev–Trinajstić information content (AvgIpc) is 3.52. The fourth-order valence-corrected chi connectivity index (χ4v) is 6.92. The smallest absolute Gasteiger partial charge is 0.356 e. The van der Waals surface area contributed by atoms with E-state index in [-0.39, 0.29) is 34.7 Å². The van der Waals surface area contributed by atoms with E-state index in [4.69, 9.17) is 21.2 Å². The summed E-state index contributed by atoms with van der Waals surface area (Å²) in [4.78, 5) is 62.1.